The van der Waals surface area contributed by atoms with E-state index in [2.05, 4.69) is 4.74 Å². The van der Waals surface area contributed by atoms with Gasteiger partial charge in [-0.2, -0.15) is 0 Å². The molecule has 0 aliphatic rings. The van der Waals surface area contributed by atoms with Gasteiger partial charge in [0, 0.05) is 18.9 Å². The summed E-state index contributed by atoms with van der Waals surface area (Å²) >= 11 is 0. The predicted octanol–water partition coefficient (Wildman–Crippen LogP) is 2.08. The summed E-state index contributed by atoms with van der Waals surface area (Å²) in [6.07, 6.45) is -2.01. The van der Waals surface area contributed by atoms with Crippen LogP contribution in [0.4, 0.5) is 13.2 Å². The van der Waals surface area contributed by atoms with Crippen molar-refractivity contribution in [1.82, 2.24) is 4.57 Å². The second-order valence-electron chi connectivity index (χ2n) is 3.15. The summed E-state index contributed by atoms with van der Waals surface area (Å²) in [5.41, 5.74) is 0.669. The number of aliphatic hydroxyl groups is 1. The van der Waals surface area contributed by atoms with Gasteiger partial charge in [0.05, 0.1) is 12.7 Å². The standard InChI is InChI=1S/C9H12F3NO2/c1-7(14)8-2-3-13(6-8)4-5-15-9(10,11)12/h2-3,6-7,14H,4-5H2,1H3. The second kappa shape index (κ2) is 4.67. The van der Waals surface area contributed by atoms with E-state index in [9.17, 15) is 13.2 Å². The molecule has 0 amide bonds. The fourth-order valence-corrected chi connectivity index (χ4v) is 1.11. The third-order valence-electron chi connectivity index (χ3n) is 1.87. The van der Waals surface area contributed by atoms with Crippen LogP contribution in [0.5, 0.6) is 0 Å². The number of hydrogen-bond acceptors (Lipinski definition) is 2. The van der Waals surface area contributed by atoms with E-state index in [0.717, 1.165) is 0 Å². The molecule has 86 valence electrons. The normalized spacial score (nSPS) is 14.2. The topological polar surface area (TPSA) is 34.4 Å². The highest BCUT2D eigenvalue weighted by Crippen LogP contribution is 2.16. The number of rotatable bonds is 4. The summed E-state index contributed by atoms with van der Waals surface area (Å²) in [6.45, 7) is 1.26. The van der Waals surface area contributed by atoms with E-state index in [-0.39, 0.29) is 6.54 Å². The Morgan fingerprint density at radius 1 is 1.53 bits per heavy atom. The zero-order valence-electron chi connectivity index (χ0n) is 8.16. The van der Waals surface area contributed by atoms with E-state index in [0.29, 0.717) is 5.56 Å². The molecule has 0 spiro atoms. The molecule has 1 aromatic rings. The average molecular weight is 223 g/mol. The van der Waals surface area contributed by atoms with Crippen LogP contribution in [0.2, 0.25) is 0 Å². The van der Waals surface area contributed by atoms with Crippen molar-refractivity contribution in [2.24, 2.45) is 0 Å². The van der Waals surface area contributed by atoms with Crippen LogP contribution in [0.1, 0.15) is 18.6 Å². The minimum atomic E-state index is -4.58. The van der Waals surface area contributed by atoms with Crippen molar-refractivity contribution in [3.63, 3.8) is 0 Å². The molecule has 1 aromatic heterocycles. The number of hydrogen-bond donors (Lipinski definition) is 1. The van der Waals surface area contributed by atoms with Crippen molar-refractivity contribution in [3.05, 3.63) is 24.0 Å². The first-order valence-corrected chi connectivity index (χ1v) is 4.43. The highest BCUT2D eigenvalue weighted by molar-refractivity contribution is 5.12. The van der Waals surface area contributed by atoms with Gasteiger partial charge in [-0.25, -0.2) is 0 Å². The molecule has 0 bridgehead atoms. The molecule has 0 saturated carbocycles. The number of halogens is 3. The SMILES string of the molecule is CC(O)c1ccn(CCOC(F)(F)F)c1. The van der Waals surface area contributed by atoms with Gasteiger partial charge < -0.3 is 9.67 Å². The highest BCUT2D eigenvalue weighted by Gasteiger charge is 2.28. The van der Waals surface area contributed by atoms with E-state index in [4.69, 9.17) is 5.11 Å². The molecule has 0 saturated heterocycles. The molecule has 0 radical (unpaired) electrons. The molecule has 1 unspecified atom stereocenters. The lowest BCUT2D eigenvalue weighted by Crippen LogP contribution is -2.16. The summed E-state index contributed by atoms with van der Waals surface area (Å²) in [7, 11) is 0. The summed E-state index contributed by atoms with van der Waals surface area (Å²) < 4.78 is 40.0. The number of aromatic nitrogens is 1. The third kappa shape index (κ3) is 4.35. The molecule has 1 N–H and O–H groups in total. The van der Waals surface area contributed by atoms with Crippen molar-refractivity contribution in [2.45, 2.75) is 25.9 Å². The summed E-state index contributed by atoms with van der Waals surface area (Å²) in [5, 5.41) is 9.17. The first kappa shape index (κ1) is 12.1. The first-order chi connectivity index (χ1) is 6.88. The van der Waals surface area contributed by atoms with Gasteiger partial charge in [-0.05, 0) is 18.6 Å². The van der Waals surface area contributed by atoms with Gasteiger partial charge in [0.25, 0.3) is 0 Å². The summed E-state index contributed by atoms with van der Waals surface area (Å²) in [4.78, 5) is 0. The zero-order valence-corrected chi connectivity index (χ0v) is 8.16. The van der Waals surface area contributed by atoms with Gasteiger partial charge in [-0.15, -0.1) is 13.2 Å². The lowest BCUT2D eigenvalue weighted by atomic mass is 10.2. The molecule has 6 heteroatoms. The van der Waals surface area contributed by atoms with Gasteiger partial charge in [-0.1, -0.05) is 0 Å². The van der Waals surface area contributed by atoms with Crippen LogP contribution in [0, 0.1) is 0 Å². The molecule has 0 aliphatic heterocycles. The number of alkyl halides is 3. The predicted molar refractivity (Wildman–Crippen MR) is 47.1 cm³/mol. The van der Waals surface area contributed by atoms with Crippen LogP contribution >= 0.6 is 0 Å². The van der Waals surface area contributed by atoms with Gasteiger partial charge in [0.1, 0.15) is 0 Å². The molecule has 1 rings (SSSR count). The number of aliphatic hydroxyl groups excluding tert-OH is 1. The Morgan fingerprint density at radius 2 is 2.20 bits per heavy atom. The highest BCUT2D eigenvalue weighted by atomic mass is 19.4. The molecular formula is C9H12F3NO2. The molecule has 1 heterocycles. The molecule has 0 fully saturated rings. The summed E-state index contributed by atoms with van der Waals surface area (Å²) in [6, 6.07) is 1.65. The van der Waals surface area contributed by atoms with E-state index < -0.39 is 19.1 Å². The molecule has 15 heavy (non-hydrogen) atoms. The smallest absolute Gasteiger partial charge is 0.389 e. The van der Waals surface area contributed by atoms with E-state index >= 15 is 0 Å². The zero-order chi connectivity index (χ0) is 11.5. The largest absolute Gasteiger partial charge is 0.522 e. The lowest BCUT2D eigenvalue weighted by Gasteiger charge is -2.07. The van der Waals surface area contributed by atoms with E-state index in [1.807, 2.05) is 0 Å². The Balaban J connectivity index is 2.38. The third-order valence-corrected chi connectivity index (χ3v) is 1.87. The molecule has 0 aliphatic carbocycles. The first-order valence-electron chi connectivity index (χ1n) is 4.43. The Labute approximate surface area is 85.1 Å². The Hall–Kier alpha value is -1.01. The fraction of sp³-hybridized carbons (Fsp3) is 0.556. The number of nitrogens with zero attached hydrogens (tertiary/aromatic N) is 1. The monoisotopic (exact) mass is 223 g/mol. The van der Waals surface area contributed by atoms with E-state index in [1.165, 1.54) is 4.57 Å². The van der Waals surface area contributed by atoms with Crippen LogP contribution in [0.15, 0.2) is 18.5 Å². The van der Waals surface area contributed by atoms with Gasteiger partial charge >= 0.3 is 6.36 Å². The van der Waals surface area contributed by atoms with Crippen molar-refractivity contribution in [2.75, 3.05) is 6.61 Å². The van der Waals surface area contributed by atoms with Gasteiger partial charge in [0.15, 0.2) is 0 Å². The Bertz CT molecular complexity index is 307. The molecular weight excluding hydrogens is 211 g/mol. The van der Waals surface area contributed by atoms with Crippen LogP contribution in [-0.2, 0) is 11.3 Å². The Morgan fingerprint density at radius 3 is 2.67 bits per heavy atom. The fourth-order valence-electron chi connectivity index (χ4n) is 1.11. The Kier molecular flexibility index (Phi) is 3.76. The average Bonchev–Trinajstić information content (AvgIpc) is 2.50. The van der Waals surface area contributed by atoms with Crippen LogP contribution in [-0.4, -0.2) is 22.6 Å². The molecule has 0 aromatic carbocycles. The molecule has 1 atom stereocenters. The van der Waals surface area contributed by atoms with Crippen molar-refractivity contribution in [3.8, 4) is 0 Å². The van der Waals surface area contributed by atoms with Crippen molar-refractivity contribution < 1.29 is 23.0 Å². The lowest BCUT2D eigenvalue weighted by molar-refractivity contribution is -0.325. The number of ether oxygens (including phenoxy) is 1. The maximum atomic E-state index is 11.6. The summed E-state index contributed by atoms with van der Waals surface area (Å²) in [5.74, 6) is 0. The van der Waals surface area contributed by atoms with Crippen molar-refractivity contribution in [1.29, 1.82) is 0 Å². The quantitative estimate of drug-likeness (QED) is 0.847. The minimum absolute atomic E-state index is 0.103. The van der Waals surface area contributed by atoms with Crippen LogP contribution < -0.4 is 0 Å². The minimum Gasteiger partial charge on any atom is -0.389 e. The van der Waals surface area contributed by atoms with Gasteiger partial charge in [-0.3, -0.25) is 4.74 Å². The van der Waals surface area contributed by atoms with Crippen LogP contribution in [0.25, 0.3) is 0 Å². The van der Waals surface area contributed by atoms with Crippen molar-refractivity contribution >= 4 is 0 Å². The van der Waals surface area contributed by atoms with E-state index in [1.54, 1.807) is 25.4 Å². The van der Waals surface area contributed by atoms with Crippen LogP contribution in [0.3, 0.4) is 0 Å². The molecule has 3 nitrogen and oxygen atoms in total. The van der Waals surface area contributed by atoms with Gasteiger partial charge in [0.2, 0.25) is 0 Å². The maximum Gasteiger partial charge on any atom is 0.522 e. The maximum absolute atomic E-state index is 11.6. The second-order valence-corrected chi connectivity index (χ2v) is 3.15.